The van der Waals surface area contributed by atoms with E-state index in [0.29, 0.717) is 18.3 Å². The second kappa shape index (κ2) is 11.9. The molecule has 1 heterocycles. The van der Waals surface area contributed by atoms with Crippen LogP contribution in [-0.4, -0.2) is 40.4 Å². The fraction of sp³-hybridized carbons (Fsp3) is 0.515. The standard InChI is InChI=1S/C33H43NO2/c1-24-7-5-9-26(17-24)20-30(35)13-14-31-32-21-27(19-29(32)22-33(31)36)12-11-25-8-6-10-28(18-25)23-34-15-3-2-4-16-34/h5-10,13-14,17-19,29-33,35-36H,2-4,11-12,15-16,20-23H2,1H3/b14-13+/t29-,30-,31+,32-,33+/m0/s1. The van der Waals surface area contributed by atoms with Gasteiger partial charge in [0, 0.05) is 18.9 Å². The summed E-state index contributed by atoms with van der Waals surface area (Å²) in [6, 6.07) is 17.5. The number of hydrogen-bond acceptors (Lipinski definition) is 3. The van der Waals surface area contributed by atoms with Crippen LogP contribution in [0.5, 0.6) is 0 Å². The van der Waals surface area contributed by atoms with Gasteiger partial charge in [-0.25, -0.2) is 0 Å². The molecule has 192 valence electrons. The maximum absolute atomic E-state index is 10.7. The highest BCUT2D eigenvalue weighted by molar-refractivity contribution is 5.27. The highest BCUT2D eigenvalue weighted by Gasteiger charge is 2.43. The van der Waals surface area contributed by atoms with Crippen molar-refractivity contribution in [3.8, 4) is 0 Å². The molecule has 2 aromatic rings. The minimum Gasteiger partial charge on any atom is -0.392 e. The highest BCUT2D eigenvalue weighted by Crippen LogP contribution is 2.48. The van der Waals surface area contributed by atoms with E-state index in [9.17, 15) is 10.2 Å². The van der Waals surface area contributed by atoms with Gasteiger partial charge in [0.25, 0.3) is 0 Å². The van der Waals surface area contributed by atoms with Crippen molar-refractivity contribution in [3.05, 3.63) is 94.6 Å². The summed E-state index contributed by atoms with van der Waals surface area (Å²) in [5, 5.41) is 21.3. The first-order valence-electron chi connectivity index (χ1n) is 14.1. The zero-order chi connectivity index (χ0) is 24.9. The van der Waals surface area contributed by atoms with Crippen LogP contribution in [0.4, 0.5) is 0 Å². The first-order valence-corrected chi connectivity index (χ1v) is 14.1. The van der Waals surface area contributed by atoms with Crippen LogP contribution in [-0.2, 0) is 19.4 Å². The molecule has 0 radical (unpaired) electrons. The fourth-order valence-corrected chi connectivity index (χ4v) is 6.76. The summed E-state index contributed by atoms with van der Waals surface area (Å²) in [6.45, 7) is 5.65. The Morgan fingerprint density at radius 3 is 2.58 bits per heavy atom. The Bertz CT molecular complexity index is 1070. The number of allylic oxidation sites excluding steroid dienone is 2. The van der Waals surface area contributed by atoms with Gasteiger partial charge in [-0.05, 0) is 87.1 Å². The average molecular weight is 486 g/mol. The SMILES string of the molecule is Cc1cccc(C[C@@H](O)/C=C/[C@@H]2[C@H]3CC(CCc4cccc(CN5CCCCC5)c4)=C[C@H]3C[C@H]2O)c1. The van der Waals surface area contributed by atoms with Crippen molar-refractivity contribution >= 4 is 0 Å². The predicted molar refractivity (Wildman–Crippen MR) is 148 cm³/mol. The molecular formula is C33H43NO2. The maximum Gasteiger partial charge on any atom is 0.0761 e. The molecule has 0 aromatic heterocycles. The van der Waals surface area contributed by atoms with E-state index in [4.69, 9.17) is 0 Å². The molecule has 2 N–H and O–H groups in total. The second-order valence-electron chi connectivity index (χ2n) is 11.5. The smallest absolute Gasteiger partial charge is 0.0761 e. The number of aliphatic hydroxyl groups is 2. The van der Waals surface area contributed by atoms with Crippen LogP contribution < -0.4 is 0 Å². The molecule has 0 spiro atoms. The lowest BCUT2D eigenvalue weighted by Crippen LogP contribution is -2.29. The molecule has 0 bridgehead atoms. The van der Waals surface area contributed by atoms with Gasteiger partial charge in [-0.1, -0.05) is 84.3 Å². The van der Waals surface area contributed by atoms with Gasteiger partial charge in [0.15, 0.2) is 0 Å². The van der Waals surface area contributed by atoms with E-state index < -0.39 is 6.10 Å². The number of rotatable bonds is 9. The average Bonchev–Trinajstić information content (AvgIpc) is 3.38. The molecule has 3 nitrogen and oxygen atoms in total. The molecule has 3 aliphatic rings. The fourth-order valence-electron chi connectivity index (χ4n) is 6.76. The number of likely N-dealkylation sites (tertiary alicyclic amines) is 1. The van der Waals surface area contributed by atoms with Crippen molar-refractivity contribution in [1.82, 2.24) is 4.90 Å². The molecule has 36 heavy (non-hydrogen) atoms. The lowest BCUT2D eigenvalue weighted by molar-refractivity contribution is 0.140. The van der Waals surface area contributed by atoms with E-state index in [0.717, 1.165) is 37.8 Å². The van der Waals surface area contributed by atoms with Crippen LogP contribution in [0.25, 0.3) is 0 Å². The topological polar surface area (TPSA) is 43.7 Å². The number of aliphatic hydroxyl groups excluding tert-OH is 2. The Morgan fingerprint density at radius 2 is 1.75 bits per heavy atom. The molecule has 2 aromatic carbocycles. The third kappa shape index (κ3) is 6.56. The van der Waals surface area contributed by atoms with Crippen molar-refractivity contribution in [3.63, 3.8) is 0 Å². The van der Waals surface area contributed by atoms with Gasteiger partial charge >= 0.3 is 0 Å². The summed E-state index contributed by atoms with van der Waals surface area (Å²) in [5.41, 5.74) is 6.82. The number of fused-ring (bicyclic) bond motifs is 1. The number of hydrogen-bond donors (Lipinski definition) is 2. The normalized spacial score (nSPS) is 27.4. The molecule has 0 amide bonds. The summed E-state index contributed by atoms with van der Waals surface area (Å²) in [5.74, 6) is 1.09. The quantitative estimate of drug-likeness (QED) is 0.427. The van der Waals surface area contributed by atoms with Crippen molar-refractivity contribution in [1.29, 1.82) is 0 Å². The van der Waals surface area contributed by atoms with Crippen LogP contribution >= 0.6 is 0 Å². The van der Waals surface area contributed by atoms with Crippen molar-refractivity contribution in [2.24, 2.45) is 17.8 Å². The van der Waals surface area contributed by atoms with Crippen LogP contribution in [0.15, 0.2) is 72.3 Å². The predicted octanol–water partition coefficient (Wildman–Crippen LogP) is 6.02. The molecule has 1 saturated carbocycles. The Morgan fingerprint density at radius 1 is 0.972 bits per heavy atom. The summed E-state index contributed by atoms with van der Waals surface area (Å²) in [4.78, 5) is 2.60. The first-order chi connectivity index (χ1) is 17.5. The molecular weight excluding hydrogens is 442 g/mol. The third-order valence-electron chi connectivity index (χ3n) is 8.61. The van der Waals surface area contributed by atoms with Gasteiger partial charge in [0.05, 0.1) is 12.2 Å². The van der Waals surface area contributed by atoms with Crippen LogP contribution in [0.1, 0.15) is 60.8 Å². The van der Waals surface area contributed by atoms with E-state index in [2.05, 4.69) is 66.4 Å². The van der Waals surface area contributed by atoms with Gasteiger partial charge in [-0.15, -0.1) is 0 Å². The Kier molecular flexibility index (Phi) is 8.41. The van der Waals surface area contributed by atoms with Gasteiger partial charge < -0.3 is 10.2 Å². The van der Waals surface area contributed by atoms with Crippen LogP contribution in [0, 0.1) is 24.7 Å². The molecule has 0 unspecified atom stereocenters. The zero-order valence-corrected chi connectivity index (χ0v) is 21.9. The minimum atomic E-state index is -0.510. The minimum absolute atomic E-state index is 0.142. The Labute approximate surface area is 217 Å². The van der Waals surface area contributed by atoms with Crippen molar-refractivity contribution in [2.75, 3.05) is 13.1 Å². The first kappa shape index (κ1) is 25.4. The monoisotopic (exact) mass is 485 g/mol. The summed E-state index contributed by atoms with van der Waals surface area (Å²) >= 11 is 0. The molecule has 5 atom stereocenters. The molecule has 2 aliphatic carbocycles. The second-order valence-corrected chi connectivity index (χ2v) is 11.5. The number of benzene rings is 2. The zero-order valence-electron chi connectivity index (χ0n) is 21.9. The van der Waals surface area contributed by atoms with E-state index >= 15 is 0 Å². The highest BCUT2D eigenvalue weighted by atomic mass is 16.3. The molecule has 1 saturated heterocycles. The third-order valence-corrected chi connectivity index (χ3v) is 8.61. The number of nitrogens with zero attached hydrogens (tertiary/aromatic N) is 1. The number of aryl methyl sites for hydroxylation is 2. The van der Waals surface area contributed by atoms with Crippen LogP contribution in [0.2, 0.25) is 0 Å². The largest absolute Gasteiger partial charge is 0.392 e. The van der Waals surface area contributed by atoms with Gasteiger partial charge in [0.2, 0.25) is 0 Å². The van der Waals surface area contributed by atoms with Gasteiger partial charge in [-0.2, -0.15) is 0 Å². The Balaban J connectivity index is 1.13. The lowest BCUT2D eigenvalue weighted by atomic mass is 9.88. The molecule has 5 rings (SSSR count). The molecule has 1 aliphatic heterocycles. The molecule has 2 fully saturated rings. The number of piperidine rings is 1. The van der Waals surface area contributed by atoms with E-state index in [1.807, 2.05) is 12.1 Å². The van der Waals surface area contributed by atoms with Gasteiger partial charge in [0.1, 0.15) is 0 Å². The van der Waals surface area contributed by atoms with Gasteiger partial charge in [-0.3, -0.25) is 4.90 Å². The van der Waals surface area contributed by atoms with E-state index in [1.165, 1.54) is 49.0 Å². The van der Waals surface area contributed by atoms with Crippen molar-refractivity contribution < 1.29 is 10.2 Å². The summed E-state index contributed by atoms with van der Waals surface area (Å²) < 4.78 is 0. The van der Waals surface area contributed by atoms with E-state index in [-0.39, 0.29) is 12.0 Å². The summed E-state index contributed by atoms with van der Waals surface area (Å²) in [7, 11) is 0. The Hall–Kier alpha value is -2.20. The lowest BCUT2D eigenvalue weighted by Gasteiger charge is -2.26. The van der Waals surface area contributed by atoms with E-state index in [1.54, 1.807) is 5.57 Å². The van der Waals surface area contributed by atoms with Crippen LogP contribution in [0.3, 0.4) is 0 Å². The maximum atomic E-state index is 10.7. The van der Waals surface area contributed by atoms with Crippen molar-refractivity contribution in [2.45, 2.75) is 77.0 Å². The molecule has 3 heteroatoms. The summed E-state index contributed by atoms with van der Waals surface area (Å²) in [6.07, 6.45) is 14.5.